The highest BCUT2D eigenvalue weighted by molar-refractivity contribution is 5.99. The van der Waals surface area contributed by atoms with Crippen LogP contribution in [0.4, 0.5) is 0 Å². The summed E-state index contributed by atoms with van der Waals surface area (Å²) in [4.78, 5) is 59.5. The normalized spacial score (nSPS) is 28.1. The molecule has 7 atom stereocenters. The predicted molar refractivity (Wildman–Crippen MR) is 177 cm³/mol. The molecular weight excluding hydrogens is 598 g/mol. The fourth-order valence-corrected chi connectivity index (χ4v) is 8.40. The van der Waals surface area contributed by atoms with Gasteiger partial charge in [-0.2, -0.15) is 0 Å². The topological polar surface area (TPSA) is 125 Å². The molecule has 4 fully saturated rings. The lowest BCUT2D eigenvalue weighted by Crippen LogP contribution is -2.61. The quantitative estimate of drug-likeness (QED) is 0.217. The highest BCUT2D eigenvalue weighted by atomic mass is 16.5. The van der Waals surface area contributed by atoms with E-state index in [4.69, 9.17) is 9.47 Å². The maximum atomic E-state index is 14.8. The smallest absolute Gasteiger partial charge is 0.306 e. The molecule has 5 rings (SSSR count). The van der Waals surface area contributed by atoms with Crippen LogP contribution in [-0.4, -0.2) is 88.2 Å². The van der Waals surface area contributed by atoms with Gasteiger partial charge in [-0.25, -0.2) is 0 Å². The van der Waals surface area contributed by atoms with Crippen LogP contribution in [0, 0.1) is 17.8 Å². The van der Waals surface area contributed by atoms with Crippen molar-refractivity contribution in [2.45, 2.75) is 108 Å². The molecule has 1 aliphatic carbocycles. The minimum atomic E-state index is -1.18. The van der Waals surface area contributed by atoms with Crippen molar-refractivity contribution in [2.75, 3.05) is 19.8 Å². The van der Waals surface area contributed by atoms with Gasteiger partial charge >= 0.3 is 5.97 Å². The summed E-state index contributed by atoms with van der Waals surface area (Å²) < 4.78 is 12.2. The van der Waals surface area contributed by atoms with E-state index in [9.17, 15) is 24.3 Å². The van der Waals surface area contributed by atoms with Crippen LogP contribution in [0.1, 0.15) is 83.2 Å². The maximum absolute atomic E-state index is 14.8. The molecule has 0 aromatic heterocycles. The van der Waals surface area contributed by atoms with Gasteiger partial charge in [0.25, 0.3) is 0 Å². The number of hydrogen-bond acceptors (Lipinski definition) is 7. The number of nitrogens with zero attached hydrogens (tertiary/aromatic N) is 2. The fraction of sp³-hybridized carbons (Fsp3) is 0.622. The lowest BCUT2D eigenvalue weighted by atomic mass is 9.70. The molecule has 3 saturated heterocycles. The first-order valence-corrected chi connectivity index (χ1v) is 17.3. The van der Waals surface area contributed by atoms with Crippen molar-refractivity contribution in [1.29, 1.82) is 0 Å². The Hall–Kier alpha value is -3.50. The number of rotatable bonds is 15. The predicted octanol–water partition coefficient (Wildman–Crippen LogP) is 4.09. The van der Waals surface area contributed by atoms with E-state index >= 15 is 0 Å². The molecule has 1 aromatic rings. The molecule has 1 spiro atoms. The number of carbonyl (C=O) groups excluding carboxylic acids is 4. The number of allylic oxidation sites excluding steroid dienone is 1. The average Bonchev–Trinajstić information content (AvgIpc) is 3.72. The minimum absolute atomic E-state index is 0.0341. The molecule has 0 radical (unpaired) electrons. The number of nitrogens with one attached hydrogen (secondary N) is 1. The lowest BCUT2D eigenvalue weighted by Gasteiger charge is -2.43. The molecule has 1 aromatic carbocycles. The van der Waals surface area contributed by atoms with Crippen LogP contribution in [0.5, 0.6) is 0 Å². The Morgan fingerprint density at radius 3 is 2.49 bits per heavy atom. The third-order valence-electron chi connectivity index (χ3n) is 10.7. The molecule has 0 unspecified atom stereocenters. The average molecular weight is 650 g/mol. The van der Waals surface area contributed by atoms with Crippen molar-refractivity contribution in [1.82, 2.24) is 15.1 Å². The summed E-state index contributed by atoms with van der Waals surface area (Å²) in [5.41, 5.74) is -0.423. The number of carbonyl (C=O) groups is 4. The third kappa shape index (κ3) is 6.77. The van der Waals surface area contributed by atoms with E-state index in [0.717, 1.165) is 37.7 Å². The van der Waals surface area contributed by atoms with Gasteiger partial charge in [0, 0.05) is 19.0 Å². The standard InChI is InChI=1S/C37H51N3O7/c1-5-7-18-30(42)46-23-27(25-14-10-8-11-15-25)38-34(43)31-29-19-20-37(47-29)32(31)35(44)40(28(22-41)24(3)4)33(37)36(45)39(21-6-2)26-16-12-9-13-17-26/h5-6,8,10-11,14-15,24,26-29,31-33,41H,1-2,7,9,12-13,16-23H2,3-4H3,(H,38,43)/t27-,28-,29+,31-,32-,33+,37-/m0/s1. The molecule has 1 saturated carbocycles. The second-order valence-electron chi connectivity index (χ2n) is 13.8. The van der Waals surface area contributed by atoms with E-state index in [1.807, 2.05) is 49.1 Å². The second kappa shape index (κ2) is 15.2. The Labute approximate surface area is 278 Å². The van der Waals surface area contributed by atoms with E-state index < -0.39 is 47.6 Å². The minimum Gasteiger partial charge on any atom is -0.463 e. The van der Waals surface area contributed by atoms with Gasteiger partial charge in [-0.3, -0.25) is 19.2 Å². The SMILES string of the molecule is C=CCCC(=O)OC[C@H](NC(=O)[C@@H]1[C@H]2C(=O)N([C@@H](CO)C(C)C)[C@H](C(=O)N(CC=C)C3CCCCC3)[C@]23CC[C@H]1O3)c1ccccc1. The van der Waals surface area contributed by atoms with Crippen LogP contribution in [0.3, 0.4) is 0 Å². The number of amides is 3. The molecule has 47 heavy (non-hydrogen) atoms. The van der Waals surface area contributed by atoms with Crippen molar-refractivity contribution in [3.05, 3.63) is 61.2 Å². The fourth-order valence-electron chi connectivity index (χ4n) is 8.40. The van der Waals surface area contributed by atoms with Gasteiger partial charge in [-0.1, -0.05) is 75.6 Å². The number of likely N-dealkylation sites (tertiary alicyclic amines) is 1. The zero-order chi connectivity index (χ0) is 33.7. The molecule has 2 bridgehead atoms. The molecular formula is C37H51N3O7. The highest BCUT2D eigenvalue weighted by Crippen LogP contribution is 2.59. The van der Waals surface area contributed by atoms with Gasteiger partial charge in [-0.05, 0) is 43.6 Å². The molecule has 10 nitrogen and oxygen atoms in total. The van der Waals surface area contributed by atoms with Crippen LogP contribution >= 0.6 is 0 Å². The number of esters is 1. The number of fused-ring (bicyclic) bond motifs is 1. The van der Waals surface area contributed by atoms with E-state index in [0.29, 0.717) is 25.8 Å². The number of aliphatic hydroxyl groups is 1. The van der Waals surface area contributed by atoms with E-state index in [2.05, 4.69) is 18.5 Å². The third-order valence-corrected chi connectivity index (χ3v) is 10.7. The van der Waals surface area contributed by atoms with E-state index in [-0.39, 0.29) is 49.3 Å². The van der Waals surface area contributed by atoms with Crippen LogP contribution in [-0.2, 0) is 28.7 Å². The summed E-state index contributed by atoms with van der Waals surface area (Å²) in [6, 6.07) is 7.08. The van der Waals surface area contributed by atoms with Crippen molar-refractivity contribution in [3.8, 4) is 0 Å². The summed E-state index contributed by atoms with van der Waals surface area (Å²) in [7, 11) is 0. The first-order valence-electron chi connectivity index (χ1n) is 17.3. The zero-order valence-corrected chi connectivity index (χ0v) is 27.9. The van der Waals surface area contributed by atoms with E-state index in [1.54, 1.807) is 17.1 Å². The largest absolute Gasteiger partial charge is 0.463 e. The monoisotopic (exact) mass is 649 g/mol. The van der Waals surface area contributed by atoms with Crippen LogP contribution in [0.2, 0.25) is 0 Å². The Bertz CT molecular complexity index is 1310. The zero-order valence-electron chi connectivity index (χ0n) is 27.9. The Morgan fingerprint density at radius 1 is 1.13 bits per heavy atom. The Kier molecular flexibility index (Phi) is 11.2. The summed E-state index contributed by atoms with van der Waals surface area (Å²) in [5.74, 6) is -3.15. The van der Waals surface area contributed by atoms with Gasteiger partial charge in [0.05, 0.1) is 36.6 Å². The van der Waals surface area contributed by atoms with Gasteiger partial charge in [0.15, 0.2) is 0 Å². The van der Waals surface area contributed by atoms with E-state index in [1.165, 1.54) is 0 Å². The molecule has 4 aliphatic rings. The summed E-state index contributed by atoms with van der Waals surface area (Å²) in [6.07, 6.45) is 9.48. The molecule has 2 N–H and O–H groups in total. The first-order chi connectivity index (χ1) is 22.7. The molecule has 10 heteroatoms. The number of ether oxygens (including phenoxy) is 2. The van der Waals surface area contributed by atoms with Gasteiger partial charge in [0.1, 0.15) is 18.2 Å². The maximum Gasteiger partial charge on any atom is 0.306 e. The van der Waals surface area contributed by atoms with Gasteiger partial charge < -0.3 is 29.7 Å². The summed E-state index contributed by atoms with van der Waals surface area (Å²) >= 11 is 0. The second-order valence-corrected chi connectivity index (χ2v) is 13.8. The summed E-state index contributed by atoms with van der Waals surface area (Å²) in [6.45, 7) is 11.4. The number of benzene rings is 1. The number of hydrogen-bond donors (Lipinski definition) is 2. The Morgan fingerprint density at radius 2 is 1.85 bits per heavy atom. The van der Waals surface area contributed by atoms with Gasteiger partial charge in [0.2, 0.25) is 17.7 Å². The lowest BCUT2D eigenvalue weighted by molar-refractivity contribution is -0.154. The summed E-state index contributed by atoms with van der Waals surface area (Å²) in [5, 5.41) is 13.6. The van der Waals surface area contributed by atoms with Crippen LogP contribution in [0.25, 0.3) is 0 Å². The van der Waals surface area contributed by atoms with Crippen molar-refractivity contribution < 1.29 is 33.8 Å². The number of aliphatic hydroxyl groups excluding tert-OH is 1. The van der Waals surface area contributed by atoms with Gasteiger partial charge in [-0.15, -0.1) is 13.2 Å². The van der Waals surface area contributed by atoms with Crippen LogP contribution in [0.15, 0.2) is 55.6 Å². The highest BCUT2D eigenvalue weighted by Gasteiger charge is 2.75. The molecule has 3 amide bonds. The molecule has 3 aliphatic heterocycles. The first kappa shape index (κ1) is 34.8. The van der Waals surface area contributed by atoms with Crippen molar-refractivity contribution in [3.63, 3.8) is 0 Å². The van der Waals surface area contributed by atoms with Crippen molar-refractivity contribution in [2.24, 2.45) is 17.8 Å². The molecule has 3 heterocycles. The molecule has 256 valence electrons. The van der Waals surface area contributed by atoms with Crippen molar-refractivity contribution >= 4 is 23.7 Å². The van der Waals surface area contributed by atoms with Crippen LogP contribution < -0.4 is 5.32 Å². The Balaban J connectivity index is 1.47.